The summed E-state index contributed by atoms with van der Waals surface area (Å²) in [6, 6.07) is 16.4. The van der Waals surface area contributed by atoms with E-state index in [4.69, 9.17) is 11.6 Å². The molecular formula is C23H22ClN3O2S. The second kappa shape index (κ2) is 8.98. The molecule has 1 fully saturated rings. The molecule has 1 N–H and O–H groups in total. The third-order valence-corrected chi connectivity index (χ3v) is 6.77. The zero-order valence-corrected chi connectivity index (χ0v) is 18.2. The van der Waals surface area contributed by atoms with E-state index in [1.807, 2.05) is 42.2 Å². The van der Waals surface area contributed by atoms with Crippen LogP contribution < -0.4 is 5.32 Å². The molecule has 4 rings (SSSR count). The van der Waals surface area contributed by atoms with E-state index in [2.05, 4.69) is 10.3 Å². The van der Waals surface area contributed by atoms with Gasteiger partial charge < -0.3 is 10.2 Å². The van der Waals surface area contributed by atoms with Gasteiger partial charge in [-0.2, -0.15) is 0 Å². The van der Waals surface area contributed by atoms with Crippen LogP contribution in [0.4, 0.5) is 5.69 Å². The first-order chi connectivity index (χ1) is 14.5. The van der Waals surface area contributed by atoms with Gasteiger partial charge in [-0.3, -0.25) is 9.59 Å². The van der Waals surface area contributed by atoms with E-state index >= 15 is 0 Å². The molecule has 7 heteroatoms. The zero-order valence-electron chi connectivity index (χ0n) is 16.6. The molecule has 0 radical (unpaired) electrons. The summed E-state index contributed by atoms with van der Waals surface area (Å²) in [5.74, 6) is 0.0214. The molecule has 2 aromatic carbocycles. The highest BCUT2D eigenvalue weighted by Gasteiger charge is 2.28. The molecule has 1 aliphatic heterocycles. The molecule has 1 aliphatic rings. The summed E-state index contributed by atoms with van der Waals surface area (Å²) in [6.45, 7) is 3.23. The average Bonchev–Trinajstić information content (AvgIpc) is 3.17. The number of thiazole rings is 1. The highest BCUT2D eigenvalue weighted by Crippen LogP contribution is 2.32. The summed E-state index contributed by atoms with van der Waals surface area (Å²) in [7, 11) is 0. The molecule has 1 atom stereocenters. The molecule has 2 amide bonds. The van der Waals surface area contributed by atoms with Gasteiger partial charge in [-0.15, -0.1) is 11.3 Å². The Morgan fingerprint density at radius 3 is 2.60 bits per heavy atom. The first kappa shape index (κ1) is 20.6. The topological polar surface area (TPSA) is 62.3 Å². The Bertz CT molecular complexity index is 1050. The van der Waals surface area contributed by atoms with E-state index in [9.17, 15) is 9.59 Å². The molecule has 1 saturated heterocycles. The number of carbonyl (C=O) groups excluding carboxylic acids is 2. The van der Waals surface area contributed by atoms with Crippen molar-refractivity contribution in [1.82, 2.24) is 9.88 Å². The Hall–Kier alpha value is -2.70. The summed E-state index contributed by atoms with van der Waals surface area (Å²) < 4.78 is 0. The smallest absolute Gasteiger partial charge is 0.267 e. The SMILES string of the molecule is Cc1nc([C@H]2CCCN(C(=O)c3ccccc3)C2)sc1C(=O)Nc1ccc(Cl)cc1. The maximum Gasteiger partial charge on any atom is 0.267 e. The molecule has 1 aromatic heterocycles. The minimum absolute atomic E-state index is 0.0503. The summed E-state index contributed by atoms with van der Waals surface area (Å²) in [5.41, 5.74) is 2.11. The summed E-state index contributed by atoms with van der Waals surface area (Å²) in [5, 5.41) is 4.44. The number of benzene rings is 2. The van der Waals surface area contributed by atoms with E-state index in [0.29, 0.717) is 33.4 Å². The maximum atomic E-state index is 12.8. The zero-order chi connectivity index (χ0) is 21.1. The van der Waals surface area contributed by atoms with Crippen LogP contribution in [-0.4, -0.2) is 34.8 Å². The van der Waals surface area contributed by atoms with Gasteiger partial charge in [0, 0.05) is 35.3 Å². The lowest BCUT2D eigenvalue weighted by Crippen LogP contribution is -2.39. The Labute approximate surface area is 184 Å². The number of likely N-dealkylation sites (tertiary alicyclic amines) is 1. The highest BCUT2D eigenvalue weighted by atomic mass is 35.5. The summed E-state index contributed by atoms with van der Waals surface area (Å²) >= 11 is 7.32. The van der Waals surface area contributed by atoms with Crippen molar-refractivity contribution in [3.8, 4) is 0 Å². The number of anilines is 1. The van der Waals surface area contributed by atoms with E-state index < -0.39 is 0 Å². The predicted molar refractivity (Wildman–Crippen MR) is 121 cm³/mol. The van der Waals surface area contributed by atoms with E-state index in [0.717, 1.165) is 24.4 Å². The van der Waals surface area contributed by atoms with Crippen molar-refractivity contribution in [2.24, 2.45) is 0 Å². The normalized spacial score (nSPS) is 16.3. The average molecular weight is 440 g/mol. The van der Waals surface area contributed by atoms with Crippen LogP contribution in [0.15, 0.2) is 54.6 Å². The van der Waals surface area contributed by atoms with Crippen LogP contribution in [0.3, 0.4) is 0 Å². The number of hydrogen-bond acceptors (Lipinski definition) is 4. The van der Waals surface area contributed by atoms with Gasteiger partial charge in [0.15, 0.2) is 0 Å². The minimum atomic E-state index is -0.174. The molecule has 30 heavy (non-hydrogen) atoms. The predicted octanol–water partition coefficient (Wildman–Crippen LogP) is 5.38. The molecule has 0 saturated carbocycles. The van der Waals surface area contributed by atoms with Gasteiger partial charge in [0.2, 0.25) is 0 Å². The molecule has 5 nitrogen and oxygen atoms in total. The monoisotopic (exact) mass is 439 g/mol. The third-order valence-electron chi connectivity index (χ3n) is 5.20. The van der Waals surface area contributed by atoms with Gasteiger partial charge in [-0.1, -0.05) is 29.8 Å². The van der Waals surface area contributed by atoms with Gasteiger partial charge in [-0.25, -0.2) is 4.98 Å². The lowest BCUT2D eigenvalue weighted by Gasteiger charge is -2.32. The lowest BCUT2D eigenvalue weighted by molar-refractivity contribution is 0.0707. The molecule has 2 heterocycles. The molecule has 3 aromatic rings. The Morgan fingerprint density at radius 1 is 1.13 bits per heavy atom. The molecule has 0 spiro atoms. The fourth-order valence-electron chi connectivity index (χ4n) is 3.65. The van der Waals surface area contributed by atoms with Gasteiger partial charge >= 0.3 is 0 Å². The van der Waals surface area contributed by atoms with Crippen LogP contribution in [0.25, 0.3) is 0 Å². The molecule has 0 bridgehead atoms. The van der Waals surface area contributed by atoms with Crippen LogP contribution in [0.2, 0.25) is 5.02 Å². The number of nitrogens with zero attached hydrogens (tertiary/aromatic N) is 2. The Morgan fingerprint density at radius 2 is 1.87 bits per heavy atom. The maximum absolute atomic E-state index is 12.8. The Balaban J connectivity index is 1.47. The fourth-order valence-corrected chi connectivity index (χ4v) is 4.86. The first-order valence-corrected chi connectivity index (χ1v) is 11.1. The largest absolute Gasteiger partial charge is 0.338 e. The van der Waals surface area contributed by atoms with Crippen LogP contribution in [0, 0.1) is 6.92 Å². The van der Waals surface area contributed by atoms with E-state index in [-0.39, 0.29) is 17.7 Å². The van der Waals surface area contributed by atoms with E-state index in [1.165, 1.54) is 11.3 Å². The summed E-state index contributed by atoms with van der Waals surface area (Å²) in [6.07, 6.45) is 1.89. The number of amides is 2. The standard InChI is InChI=1S/C23H22ClN3O2S/c1-15-20(21(28)26-19-11-9-18(24)10-12-19)30-22(25-15)17-8-5-13-27(14-17)23(29)16-6-3-2-4-7-16/h2-4,6-7,9-12,17H,5,8,13-14H2,1H3,(H,26,28)/t17-/m0/s1. The van der Waals surface area contributed by atoms with Crippen molar-refractivity contribution in [3.63, 3.8) is 0 Å². The van der Waals surface area contributed by atoms with Crippen molar-refractivity contribution in [1.29, 1.82) is 0 Å². The molecule has 154 valence electrons. The van der Waals surface area contributed by atoms with Crippen molar-refractivity contribution in [2.45, 2.75) is 25.7 Å². The molecule has 0 unspecified atom stereocenters. The van der Waals surface area contributed by atoms with Gasteiger partial charge in [0.25, 0.3) is 11.8 Å². The second-order valence-electron chi connectivity index (χ2n) is 7.38. The molecule has 0 aliphatic carbocycles. The number of halogens is 1. The van der Waals surface area contributed by atoms with E-state index in [1.54, 1.807) is 24.3 Å². The number of rotatable bonds is 4. The quantitative estimate of drug-likeness (QED) is 0.593. The number of aryl methyl sites for hydroxylation is 1. The fraction of sp³-hybridized carbons (Fsp3) is 0.261. The summed E-state index contributed by atoms with van der Waals surface area (Å²) in [4.78, 5) is 32.7. The van der Waals surface area contributed by atoms with Gasteiger partial charge in [0.1, 0.15) is 4.88 Å². The number of piperidine rings is 1. The van der Waals surface area contributed by atoms with Gasteiger partial charge in [-0.05, 0) is 56.2 Å². The van der Waals surface area contributed by atoms with Crippen molar-refractivity contribution in [2.75, 3.05) is 18.4 Å². The number of hydrogen-bond donors (Lipinski definition) is 1. The first-order valence-electron chi connectivity index (χ1n) is 9.90. The third kappa shape index (κ3) is 4.55. The van der Waals surface area contributed by atoms with Crippen LogP contribution in [0.1, 0.15) is 49.5 Å². The van der Waals surface area contributed by atoms with Crippen molar-refractivity contribution >= 4 is 40.4 Å². The number of carbonyl (C=O) groups is 2. The van der Waals surface area contributed by atoms with Gasteiger partial charge in [0.05, 0.1) is 10.7 Å². The van der Waals surface area contributed by atoms with Crippen molar-refractivity contribution < 1.29 is 9.59 Å². The lowest BCUT2D eigenvalue weighted by atomic mass is 9.98. The highest BCUT2D eigenvalue weighted by molar-refractivity contribution is 7.14. The number of nitrogens with one attached hydrogen (secondary N) is 1. The van der Waals surface area contributed by atoms with Crippen LogP contribution >= 0.6 is 22.9 Å². The minimum Gasteiger partial charge on any atom is -0.338 e. The molecular weight excluding hydrogens is 418 g/mol. The van der Waals surface area contributed by atoms with Crippen LogP contribution in [0.5, 0.6) is 0 Å². The second-order valence-corrected chi connectivity index (χ2v) is 8.85. The van der Waals surface area contributed by atoms with Crippen LogP contribution in [-0.2, 0) is 0 Å². The van der Waals surface area contributed by atoms with Crippen molar-refractivity contribution in [3.05, 3.63) is 80.8 Å². The number of aromatic nitrogens is 1. The Kier molecular flexibility index (Phi) is 6.16.